The molecule has 0 unspecified atom stereocenters. The van der Waals surface area contributed by atoms with Crippen LogP contribution >= 0.6 is 0 Å². The Balaban J connectivity index is 2.16. The largest absolute Gasteiger partial charge is 0.457 e. The summed E-state index contributed by atoms with van der Waals surface area (Å²) in [5.41, 5.74) is 1.24. The van der Waals surface area contributed by atoms with Crippen molar-refractivity contribution in [3.8, 4) is 11.5 Å². The molecule has 0 N–H and O–H groups in total. The summed E-state index contributed by atoms with van der Waals surface area (Å²) >= 11 is 0. The summed E-state index contributed by atoms with van der Waals surface area (Å²) in [5, 5.41) is 0. The Morgan fingerprint density at radius 2 is 1.29 bits per heavy atom. The number of benzene rings is 2. The molecule has 2 aromatic carbocycles. The molecule has 0 radical (unpaired) electrons. The van der Waals surface area contributed by atoms with E-state index in [1.54, 1.807) is 0 Å². The van der Waals surface area contributed by atoms with Gasteiger partial charge in [-0.2, -0.15) is 0 Å². The molecule has 0 bridgehead atoms. The second-order valence-corrected chi connectivity index (χ2v) is 3.23. The van der Waals surface area contributed by atoms with Crippen molar-refractivity contribution < 1.29 is 4.74 Å². The minimum atomic E-state index is 0.872. The lowest BCUT2D eigenvalue weighted by Crippen LogP contribution is -1.82. The molecule has 0 amide bonds. The van der Waals surface area contributed by atoms with Crippen LogP contribution in [0.25, 0.3) is 0 Å². The molecule has 0 spiro atoms. The zero-order valence-corrected chi connectivity index (χ0v) is 8.10. The van der Waals surface area contributed by atoms with Crippen LogP contribution in [0.15, 0.2) is 54.6 Å². The predicted molar refractivity (Wildman–Crippen MR) is 57.7 cm³/mol. The molecule has 0 atom stereocenters. The lowest BCUT2D eigenvalue weighted by Gasteiger charge is -2.04. The molecule has 0 aliphatic rings. The minimum Gasteiger partial charge on any atom is -0.457 e. The van der Waals surface area contributed by atoms with E-state index in [-0.39, 0.29) is 0 Å². The summed E-state index contributed by atoms with van der Waals surface area (Å²) in [6.07, 6.45) is 0. The standard InChI is InChI=1S/C13H12O/c1-11-7-9-13(10-8-11)14-12-5-3-2-4-6-12/h2-10H,1H3. The predicted octanol–water partition coefficient (Wildman–Crippen LogP) is 3.79. The van der Waals surface area contributed by atoms with Crippen LogP contribution in [0, 0.1) is 6.92 Å². The van der Waals surface area contributed by atoms with Crippen LogP contribution in [0.2, 0.25) is 0 Å². The van der Waals surface area contributed by atoms with Crippen molar-refractivity contribution in [2.75, 3.05) is 0 Å². The van der Waals surface area contributed by atoms with Gasteiger partial charge in [0.1, 0.15) is 11.5 Å². The number of ether oxygens (including phenoxy) is 1. The van der Waals surface area contributed by atoms with E-state index in [4.69, 9.17) is 4.74 Å². The molecule has 0 aliphatic carbocycles. The number of hydrogen-bond acceptors (Lipinski definition) is 1. The number of hydrogen-bond donors (Lipinski definition) is 0. The van der Waals surface area contributed by atoms with Crippen molar-refractivity contribution in [1.29, 1.82) is 0 Å². The average molecular weight is 184 g/mol. The summed E-state index contributed by atoms with van der Waals surface area (Å²) in [6.45, 7) is 2.06. The van der Waals surface area contributed by atoms with Gasteiger partial charge < -0.3 is 4.74 Å². The Morgan fingerprint density at radius 1 is 0.714 bits per heavy atom. The van der Waals surface area contributed by atoms with Crippen molar-refractivity contribution in [3.05, 3.63) is 60.2 Å². The molecule has 2 aromatic rings. The smallest absolute Gasteiger partial charge is 0.127 e. The Bertz CT molecular complexity index is 389. The molecule has 70 valence electrons. The maximum atomic E-state index is 5.63. The second kappa shape index (κ2) is 3.97. The van der Waals surface area contributed by atoms with Crippen LogP contribution in [0.5, 0.6) is 11.5 Å². The molecule has 0 fully saturated rings. The van der Waals surface area contributed by atoms with Crippen molar-refractivity contribution in [2.45, 2.75) is 6.92 Å². The lowest BCUT2D eigenvalue weighted by atomic mass is 10.2. The summed E-state index contributed by atoms with van der Waals surface area (Å²) in [5.74, 6) is 1.75. The average Bonchev–Trinajstić information content (AvgIpc) is 2.23. The van der Waals surface area contributed by atoms with E-state index in [1.807, 2.05) is 54.6 Å². The third-order valence-corrected chi connectivity index (χ3v) is 2.00. The van der Waals surface area contributed by atoms with Crippen LogP contribution in [-0.2, 0) is 0 Å². The molecule has 0 saturated carbocycles. The first-order valence-corrected chi connectivity index (χ1v) is 4.64. The summed E-state index contributed by atoms with van der Waals surface area (Å²) in [4.78, 5) is 0. The van der Waals surface area contributed by atoms with Crippen molar-refractivity contribution >= 4 is 0 Å². The van der Waals surface area contributed by atoms with Crippen molar-refractivity contribution in [3.63, 3.8) is 0 Å². The Morgan fingerprint density at radius 3 is 1.93 bits per heavy atom. The fourth-order valence-electron chi connectivity index (χ4n) is 1.23. The van der Waals surface area contributed by atoms with Crippen LogP contribution in [0.4, 0.5) is 0 Å². The van der Waals surface area contributed by atoms with E-state index in [0.29, 0.717) is 0 Å². The second-order valence-electron chi connectivity index (χ2n) is 3.23. The van der Waals surface area contributed by atoms with Gasteiger partial charge in [-0.15, -0.1) is 0 Å². The third-order valence-electron chi connectivity index (χ3n) is 2.00. The van der Waals surface area contributed by atoms with Gasteiger partial charge in [-0.1, -0.05) is 35.9 Å². The Labute approximate surface area is 84.0 Å². The van der Waals surface area contributed by atoms with Gasteiger partial charge in [0.2, 0.25) is 0 Å². The van der Waals surface area contributed by atoms with Gasteiger partial charge in [-0.3, -0.25) is 0 Å². The maximum Gasteiger partial charge on any atom is 0.127 e. The third kappa shape index (κ3) is 2.13. The molecule has 0 saturated heterocycles. The molecule has 2 rings (SSSR count). The first kappa shape index (κ1) is 8.82. The van der Waals surface area contributed by atoms with Crippen molar-refractivity contribution in [1.82, 2.24) is 0 Å². The minimum absolute atomic E-state index is 0.872. The highest BCUT2D eigenvalue weighted by atomic mass is 16.5. The molecule has 0 heterocycles. The van der Waals surface area contributed by atoms with Gasteiger partial charge in [0.25, 0.3) is 0 Å². The Hall–Kier alpha value is -1.76. The van der Waals surface area contributed by atoms with Crippen LogP contribution in [0.1, 0.15) is 5.56 Å². The zero-order chi connectivity index (χ0) is 9.80. The summed E-state index contributed by atoms with van der Waals surface area (Å²) in [6, 6.07) is 17.8. The van der Waals surface area contributed by atoms with Gasteiger partial charge in [-0.25, -0.2) is 0 Å². The molecular formula is C13H12O. The first-order valence-electron chi connectivity index (χ1n) is 4.64. The highest BCUT2D eigenvalue weighted by Gasteiger charge is 1.94. The number of rotatable bonds is 2. The SMILES string of the molecule is Cc1ccc(Oc2ccccc2)cc1. The van der Waals surface area contributed by atoms with E-state index in [2.05, 4.69) is 6.92 Å². The fourth-order valence-corrected chi connectivity index (χ4v) is 1.23. The zero-order valence-electron chi connectivity index (χ0n) is 8.10. The van der Waals surface area contributed by atoms with E-state index in [0.717, 1.165) is 11.5 Å². The molecule has 1 heteroatoms. The molecule has 1 nitrogen and oxygen atoms in total. The highest BCUT2D eigenvalue weighted by molar-refractivity contribution is 5.32. The highest BCUT2D eigenvalue weighted by Crippen LogP contribution is 2.20. The fraction of sp³-hybridized carbons (Fsp3) is 0.0769. The first-order chi connectivity index (χ1) is 6.84. The van der Waals surface area contributed by atoms with E-state index in [9.17, 15) is 0 Å². The van der Waals surface area contributed by atoms with Gasteiger partial charge >= 0.3 is 0 Å². The maximum absolute atomic E-state index is 5.63. The monoisotopic (exact) mass is 184 g/mol. The van der Waals surface area contributed by atoms with Crippen LogP contribution in [-0.4, -0.2) is 0 Å². The van der Waals surface area contributed by atoms with Gasteiger partial charge in [0.15, 0.2) is 0 Å². The number of para-hydroxylation sites is 1. The van der Waals surface area contributed by atoms with E-state index >= 15 is 0 Å². The van der Waals surface area contributed by atoms with Gasteiger partial charge in [-0.05, 0) is 31.2 Å². The Kier molecular flexibility index (Phi) is 2.50. The molecule has 0 aromatic heterocycles. The molecule has 0 aliphatic heterocycles. The van der Waals surface area contributed by atoms with Crippen LogP contribution < -0.4 is 4.74 Å². The summed E-state index contributed by atoms with van der Waals surface area (Å²) < 4.78 is 5.63. The molecular weight excluding hydrogens is 172 g/mol. The normalized spacial score (nSPS) is 9.79. The van der Waals surface area contributed by atoms with E-state index in [1.165, 1.54) is 5.56 Å². The number of aryl methyl sites for hydroxylation is 1. The quantitative estimate of drug-likeness (QED) is 0.690. The molecule has 14 heavy (non-hydrogen) atoms. The lowest BCUT2D eigenvalue weighted by molar-refractivity contribution is 0.482. The van der Waals surface area contributed by atoms with Gasteiger partial charge in [0, 0.05) is 0 Å². The summed E-state index contributed by atoms with van der Waals surface area (Å²) in [7, 11) is 0. The van der Waals surface area contributed by atoms with E-state index < -0.39 is 0 Å². The topological polar surface area (TPSA) is 9.23 Å². The van der Waals surface area contributed by atoms with Crippen molar-refractivity contribution in [2.24, 2.45) is 0 Å². The van der Waals surface area contributed by atoms with Gasteiger partial charge in [0.05, 0.1) is 0 Å². The van der Waals surface area contributed by atoms with Crippen LogP contribution in [0.3, 0.4) is 0 Å².